The summed E-state index contributed by atoms with van der Waals surface area (Å²) < 4.78 is 123. The maximum Gasteiger partial charge on any atom is 0.193 e. The van der Waals surface area contributed by atoms with E-state index in [1.165, 1.54) is 19.9 Å². The van der Waals surface area contributed by atoms with Gasteiger partial charge in [-0.05, 0) is 69.7 Å². The standard InChI is InChI=1S/C26H29F2NO6S.C18H21F2NO5S/c1-25(2,16-34-15-17-6-9-19(33-5)10-7-17)23-13-20(35-29-23)14-24(30)26(3,4)36(31,32)22-11-8-18(27)12-21(22)28;1-17(2,10-22)15-8-12(26-21-15)9-16(23)18(3,4)27(24,25)14-6-5-11(19)7-13(14)20/h6-13H,14-16H2,1-5H3;5-8,22H,9-10H2,1-4H3. The topological polar surface area (TPSA) is 193 Å². The Labute approximate surface area is 363 Å². The molecule has 63 heavy (non-hydrogen) atoms. The van der Waals surface area contributed by atoms with Crippen molar-refractivity contribution < 1.29 is 67.6 Å². The van der Waals surface area contributed by atoms with Crippen molar-refractivity contribution in [2.45, 2.75) is 105 Å². The van der Waals surface area contributed by atoms with Gasteiger partial charge in [0.15, 0.2) is 31.2 Å². The van der Waals surface area contributed by atoms with Crippen LogP contribution in [0.3, 0.4) is 0 Å². The van der Waals surface area contributed by atoms with Crippen molar-refractivity contribution in [3.8, 4) is 5.75 Å². The highest BCUT2D eigenvalue weighted by Gasteiger charge is 2.45. The van der Waals surface area contributed by atoms with Crippen molar-refractivity contribution in [3.05, 3.63) is 125 Å². The second-order valence-corrected chi connectivity index (χ2v) is 21.9. The highest BCUT2D eigenvalue weighted by molar-refractivity contribution is 7.94. The molecule has 2 aromatic heterocycles. The van der Waals surface area contributed by atoms with E-state index >= 15 is 0 Å². The van der Waals surface area contributed by atoms with Gasteiger partial charge in [-0.25, -0.2) is 34.4 Å². The number of benzene rings is 3. The number of hydrogen-bond donors (Lipinski definition) is 1. The Balaban J connectivity index is 0.000000288. The van der Waals surface area contributed by atoms with Crippen LogP contribution in [0.1, 0.15) is 83.9 Å². The van der Waals surface area contributed by atoms with Gasteiger partial charge in [-0.2, -0.15) is 0 Å². The fourth-order valence-electron chi connectivity index (χ4n) is 5.71. The molecule has 0 spiro atoms. The monoisotopic (exact) mass is 922 g/mol. The molecular weight excluding hydrogens is 873 g/mol. The van der Waals surface area contributed by atoms with Crippen LogP contribution in [-0.4, -0.2) is 73.6 Å². The molecule has 0 aliphatic heterocycles. The molecule has 0 aliphatic carbocycles. The van der Waals surface area contributed by atoms with Gasteiger partial charge < -0.3 is 23.6 Å². The molecule has 3 aromatic carbocycles. The highest BCUT2D eigenvalue weighted by atomic mass is 32.2. The summed E-state index contributed by atoms with van der Waals surface area (Å²) in [7, 11) is -7.28. The number of Topliss-reactive ketones (excluding diaryl/α,β-unsaturated/α-hetero) is 2. The van der Waals surface area contributed by atoms with Crippen LogP contribution in [0.5, 0.6) is 5.75 Å². The summed E-state index contributed by atoms with van der Waals surface area (Å²) in [5.41, 5.74) is 0.669. The average Bonchev–Trinajstić information content (AvgIpc) is 3.89. The van der Waals surface area contributed by atoms with Crippen molar-refractivity contribution in [3.63, 3.8) is 0 Å². The van der Waals surface area contributed by atoms with E-state index in [0.717, 1.165) is 49.4 Å². The summed E-state index contributed by atoms with van der Waals surface area (Å²) in [6.45, 7) is 12.4. The number of rotatable bonds is 18. The van der Waals surface area contributed by atoms with Gasteiger partial charge in [0.05, 0.1) is 51.2 Å². The molecule has 0 saturated carbocycles. The fraction of sp³-hybridized carbons (Fsp3) is 0.409. The molecule has 0 fully saturated rings. The Kier molecular flexibility index (Phi) is 15.4. The molecule has 5 aromatic rings. The zero-order valence-corrected chi connectivity index (χ0v) is 37.8. The SMILES string of the molecule is CC(C)(CO)c1cc(CC(=O)C(C)(C)S(=O)(=O)c2ccc(F)cc2F)on1.COc1ccc(COCC(C)(C)c2cc(CC(=O)C(C)(C)S(=O)(=O)c3ccc(F)cc3F)on2)cc1. The van der Waals surface area contributed by atoms with Crippen molar-refractivity contribution in [2.75, 3.05) is 20.3 Å². The molecule has 2 heterocycles. The normalized spacial score (nSPS) is 12.7. The number of nitrogens with zero attached hydrogens (tertiary/aromatic N) is 2. The first-order valence-corrected chi connectivity index (χ1v) is 22.3. The van der Waals surface area contributed by atoms with Crippen LogP contribution >= 0.6 is 0 Å². The van der Waals surface area contributed by atoms with Crippen LogP contribution in [-0.2, 0) is 64.3 Å². The Bertz CT molecular complexity index is 2650. The zero-order chi connectivity index (χ0) is 47.3. The minimum Gasteiger partial charge on any atom is -0.497 e. The van der Waals surface area contributed by atoms with E-state index in [1.807, 2.05) is 38.1 Å². The first-order chi connectivity index (χ1) is 29.1. The Morgan fingerprint density at radius 3 is 1.43 bits per heavy atom. The number of aliphatic hydroxyl groups is 1. The third-order valence-electron chi connectivity index (χ3n) is 10.5. The van der Waals surface area contributed by atoms with Gasteiger partial charge >= 0.3 is 0 Å². The summed E-state index contributed by atoms with van der Waals surface area (Å²) in [6, 6.07) is 14.7. The lowest BCUT2D eigenvalue weighted by Gasteiger charge is -2.23. The van der Waals surface area contributed by atoms with E-state index in [1.54, 1.807) is 27.0 Å². The molecule has 1 N–H and O–H groups in total. The second-order valence-electron chi connectivity index (χ2n) is 17.0. The molecule has 342 valence electrons. The second kappa shape index (κ2) is 19.2. The number of hydrogen-bond acceptors (Lipinski definition) is 13. The predicted molar refractivity (Wildman–Crippen MR) is 221 cm³/mol. The molecule has 0 saturated heterocycles. The van der Waals surface area contributed by atoms with Gasteiger partial charge in [0.2, 0.25) is 0 Å². The van der Waals surface area contributed by atoms with E-state index in [2.05, 4.69) is 10.3 Å². The van der Waals surface area contributed by atoms with Gasteiger partial charge in [-0.1, -0.05) is 50.1 Å². The number of methoxy groups -OCH3 is 1. The van der Waals surface area contributed by atoms with Gasteiger partial charge in [0.1, 0.15) is 59.8 Å². The largest absolute Gasteiger partial charge is 0.497 e. The number of sulfone groups is 2. The Hall–Kier alpha value is -5.24. The average molecular weight is 923 g/mol. The zero-order valence-electron chi connectivity index (χ0n) is 36.2. The highest BCUT2D eigenvalue weighted by Crippen LogP contribution is 2.33. The number of aromatic nitrogens is 2. The number of ether oxygens (including phenoxy) is 2. The summed E-state index contributed by atoms with van der Waals surface area (Å²) in [6.07, 6.45) is -0.756. The fourth-order valence-corrected chi connectivity index (χ4v) is 8.68. The van der Waals surface area contributed by atoms with Crippen molar-refractivity contribution in [2.24, 2.45) is 0 Å². The van der Waals surface area contributed by atoms with E-state index in [-0.39, 0.29) is 31.0 Å². The van der Waals surface area contributed by atoms with Crippen LogP contribution in [0.2, 0.25) is 0 Å². The van der Waals surface area contributed by atoms with Crippen LogP contribution in [0.4, 0.5) is 17.6 Å². The van der Waals surface area contributed by atoms with E-state index in [0.29, 0.717) is 36.7 Å². The van der Waals surface area contributed by atoms with Gasteiger partial charge in [0, 0.05) is 35.1 Å². The first kappa shape index (κ1) is 50.4. The molecule has 13 nitrogen and oxygen atoms in total. The van der Waals surface area contributed by atoms with Crippen LogP contribution in [0, 0.1) is 23.3 Å². The minimum absolute atomic E-state index is 0.124. The molecule has 0 atom stereocenters. The molecule has 0 amide bonds. The minimum atomic E-state index is -4.45. The quantitative estimate of drug-likeness (QED) is 0.0676. The number of carbonyl (C=O) groups is 2. The third kappa shape index (κ3) is 11.3. The number of halogens is 4. The lowest BCUT2D eigenvalue weighted by atomic mass is 9.90. The Morgan fingerprint density at radius 1 is 0.635 bits per heavy atom. The molecule has 5 rings (SSSR count). The van der Waals surface area contributed by atoms with Crippen LogP contribution in [0.25, 0.3) is 0 Å². The molecule has 0 bridgehead atoms. The summed E-state index contributed by atoms with van der Waals surface area (Å²) in [4.78, 5) is 24.1. The van der Waals surface area contributed by atoms with E-state index in [4.69, 9.17) is 18.5 Å². The lowest BCUT2D eigenvalue weighted by Crippen LogP contribution is -2.42. The summed E-state index contributed by atoms with van der Waals surface area (Å²) in [5, 5.41) is 17.2. The maximum atomic E-state index is 14.2. The molecule has 0 radical (unpaired) electrons. The van der Waals surface area contributed by atoms with Gasteiger partial charge in [-0.3, -0.25) is 9.59 Å². The van der Waals surface area contributed by atoms with E-state index in [9.17, 15) is 49.1 Å². The van der Waals surface area contributed by atoms with Gasteiger partial charge in [-0.15, -0.1) is 0 Å². The predicted octanol–water partition coefficient (Wildman–Crippen LogP) is 7.41. The summed E-state index contributed by atoms with van der Waals surface area (Å²) >= 11 is 0. The Morgan fingerprint density at radius 2 is 1.05 bits per heavy atom. The van der Waals surface area contributed by atoms with Gasteiger partial charge in [0.25, 0.3) is 0 Å². The summed E-state index contributed by atoms with van der Waals surface area (Å²) in [5.74, 6) is -4.77. The van der Waals surface area contributed by atoms with Crippen molar-refractivity contribution in [1.82, 2.24) is 10.3 Å². The molecule has 0 unspecified atom stereocenters. The smallest absolute Gasteiger partial charge is 0.193 e. The molecule has 0 aliphatic rings. The van der Waals surface area contributed by atoms with Crippen LogP contribution < -0.4 is 4.74 Å². The number of carbonyl (C=O) groups excluding carboxylic acids is 2. The number of ketones is 2. The third-order valence-corrected chi connectivity index (χ3v) is 15.5. The van der Waals surface area contributed by atoms with Crippen LogP contribution in [0.15, 0.2) is 91.6 Å². The molecular formula is C44H50F4N2O11S2. The van der Waals surface area contributed by atoms with E-state index < -0.39 is 84.6 Å². The van der Waals surface area contributed by atoms with Crippen molar-refractivity contribution in [1.29, 1.82) is 0 Å². The first-order valence-electron chi connectivity index (χ1n) is 19.3. The lowest BCUT2D eigenvalue weighted by molar-refractivity contribution is -0.121. The maximum absolute atomic E-state index is 14.2. The molecule has 19 heteroatoms. The van der Waals surface area contributed by atoms with Crippen molar-refractivity contribution >= 4 is 31.2 Å². The number of aliphatic hydroxyl groups excluding tert-OH is 1.